The fourth-order valence-electron chi connectivity index (χ4n) is 4.70. The van der Waals surface area contributed by atoms with Crippen LogP contribution in [0.5, 0.6) is 11.5 Å². The lowest BCUT2D eigenvalue weighted by Crippen LogP contribution is -2.51. The first-order chi connectivity index (χ1) is 15.1. The summed E-state index contributed by atoms with van der Waals surface area (Å²) in [6.07, 6.45) is 0.237. The highest BCUT2D eigenvalue weighted by Gasteiger charge is 2.40. The molecule has 3 aliphatic heterocycles. The van der Waals surface area contributed by atoms with Crippen LogP contribution in [-0.2, 0) is 9.59 Å². The number of amides is 2. The van der Waals surface area contributed by atoms with E-state index in [1.165, 1.54) is 0 Å². The van der Waals surface area contributed by atoms with E-state index in [-0.39, 0.29) is 30.2 Å². The van der Waals surface area contributed by atoms with Crippen molar-refractivity contribution < 1.29 is 19.1 Å². The van der Waals surface area contributed by atoms with Gasteiger partial charge in [-0.3, -0.25) is 9.59 Å². The van der Waals surface area contributed by atoms with Crippen LogP contribution in [0.4, 0.5) is 5.69 Å². The summed E-state index contributed by atoms with van der Waals surface area (Å²) < 4.78 is 11.2. The monoisotopic (exact) mass is 421 g/mol. The molecular formula is C24H27N3O4. The van der Waals surface area contributed by atoms with Crippen LogP contribution in [0, 0.1) is 5.92 Å². The zero-order chi connectivity index (χ0) is 21.4. The smallest absolute Gasteiger partial charge is 0.228 e. The van der Waals surface area contributed by atoms with Gasteiger partial charge in [0.1, 0.15) is 13.2 Å². The van der Waals surface area contributed by atoms with Crippen molar-refractivity contribution in [3.63, 3.8) is 0 Å². The number of anilines is 1. The third-order valence-corrected chi connectivity index (χ3v) is 6.36. The van der Waals surface area contributed by atoms with Crippen LogP contribution >= 0.6 is 0 Å². The number of ether oxygens (including phenoxy) is 2. The van der Waals surface area contributed by atoms with Gasteiger partial charge in [0.2, 0.25) is 11.8 Å². The molecule has 0 saturated carbocycles. The summed E-state index contributed by atoms with van der Waals surface area (Å²) in [6.45, 7) is 3.72. The minimum Gasteiger partial charge on any atom is -0.486 e. The Morgan fingerprint density at radius 3 is 2.55 bits per heavy atom. The fourth-order valence-corrected chi connectivity index (χ4v) is 4.70. The van der Waals surface area contributed by atoms with Crippen LogP contribution in [0.2, 0.25) is 0 Å². The third kappa shape index (κ3) is 3.85. The van der Waals surface area contributed by atoms with E-state index in [4.69, 9.17) is 9.47 Å². The predicted octanol–water partition coefficient (Wildman–Crippen LogP) is 2.33. The molecule has 3 aliphatic rings. The average molecular weight is 421 g/mol. The molecule has 2 aromatic carbocycles. The molecule has 7 nitrogen and oxygen atoms in total. The summed E-state index contributed by atoms with van der Waals surface area (Å²) in [5.41, 5.74) is 1.89. The molecule has 0 aromatic heterocycles. The Hall–Kier alpha value is -3.06. The van der Waals surface area contributed by atoms with Crippen molar-refractivity contribution in [2.75, 3.05) is 51.3 Å². The van der Waals surface area contributed by atoms with Gasteiger partial charge >= 0.3 is 0 Å². The number of rotatable bonds is 3. The number of fused-ring (bicyclic) bond motifs is 1. The normalized spacial score (nSPS) is 23.8. The number of likely N-dealkylation sites (N-methyl/N-ethyl adjacent to an activating group) is 1. The van der Waals surface area contributed by atoms with Crippen LogP contribution < -0.4 is 14.4 Å². The van der Waals surface area contributed by atoms with Crippen molar-refractivity contribution in [1.82, 2.24) is 9.80 Å². The van der Waals surface area contributed by atoms with Crippen LogP contribution in [0.1, 0.15) is 18.0 Å². The van der Waals surface area contributed by atoms with E-state index in [0.717, 1.165) is 24.3 Å². The van der Waals surface area contributed by atoms with Gasteiger partial charge in [0, 0.05) is 44.4 Å². The highest BCUT2D eigenvalue weighted by Crippen LogP contribution is 2.37. The lowest BCUT2D eigenvalue weighted by molar-refractivity contribution is -0.140. The summed E-state index contributed by atoms with van der Waals surface area (Å²) in [4.78, 5) is 32.3. The van der Waals surface area contributed by atoms with E-state index < -0.39 is 0 Å². The first-order valence-corrected chi connectivity index (χ1v) is 10.8. The van der Waals surface area contributed by atoms with E-state index in [0.29, 0.717) is 37.8 Å². The Labute approximate surface area is 182 Å². The molecule has 0 N–H and O–H groups in total. The Morgan fingerprint density at radius 2 is 1.74 bits per heavy atom. The quantitative estimate of drug-likeness (QED) is 0.761. The Kier molecular flexibility index (Phi) is 5.28. The molecule has 0 bridgehead atoms. The maximum atomic E-state index is 13.5. The van der Waals surface area contributed by atoms with Crippen LogP contribution in [0.3, 0.4) is 0 Å². The van der Waals surface area contributed by atoms with Crippen LogP contribution in [-0.4, -0.2) is 68.1 Å². The van der Waals surface area contributed by atoms with Gasteiger partial charge in [0.05, 0.1) is 12.0 Å². The lowest BCUT2D eigenvalue weighted by atomic mass is 9.99. The topological polar surface area (TPSA) is 62.3 Å². The molecule has 0 radical (unpaired) electrons. The Bertz CT molecular complexity index is 980. The van der Waals surface area contributed by atoms with Gasteiger partial charge in [-0.1, -0.05) is 30.3 Å². The highest BCUT2D eigenvalue weighted by molar-refractivity contribution is 6.00. The van der Waals surface area contributed by atoms with Crippen molar-refractivity contribution in [1.29, 1.82) is 0 Å². The van der Waals surface area contributed by atoms with Crippen molar-refractivity contribution >= 4 is 17.5 Å². The van der Waals surface area contributed by atoms with E-state index in [2.05, 4.69) is 24.1 Å². The van der Waals surface area contributed by atoms with E-state index in [1.807, 2.05) is 41.3 Å². The summed E-state index contributed by atoms with van der Waals surface area (Å²) in [5, 5.41) is 0. The molecule has 0 aliphatic carbocycles. The number of piperazine rings is 1. The molecule has 0 spiro atoms. The number of nitrogens with zero attached hydrogens (tertiary/aromatic N) is 3. The second-order valence-corrected chi connectivity index (χ2v) is 8.45. The minimum atomic E-state index is -0.338. The van der Waals surface area contributed by atoms with Gasteiger partial charge in [0.15, 0.2) is 11.5 Å². The number of carbonyl (C=O) groups is 2. The average Bonchev–Trinajstić information content (AvgIpc) is 3.20. The molecular weight excluding hydrogens is 394 g/mol. The van der Waals surface area contributed by atoms with Crippen LogP contribution in [0.15, 0.2) is 48.5 Å². The Morgan fingerprint density at radius 1 is 0.968 bits per heavy atom. The van der Waals surface area contributed by atoms with Gasteiger partial charge in [-0.05, 0) is 24.7 Å². The standard InChI is InChI=1S/C24H27N3O4/c1-25-9-10-26(20(16-25)17-5-3-2-4-6-17)24(29)18-13-23(28)27(15-18)19-7-8-21-22(14-19)31-12-11-30-21/h2-8,14,18,20H,9-13,15-16H2,1H3/t18-,20+/m1/s1. The molecule has 3 heterocycles. The predicted molar refractivity (Wildman–Crippen MR) is 116 cm³/mol. The molecule has 2 fully saturated rings. The van der Waals surface area contributed by atoms with Crippen molar-refractivity contribution in [2.45, 2.75) is 12.5 Å². The molecule has 2 atom stereocenters. The zero-order valence-electron chi connectivity index (χ0n) is 17.7. The molecule has 0 unspecified atom stereocenters. The second kappa shape index (κ2) is 8.23. The number of hydrogen-bond acceptors (Lipinski definition) is 5. The summed E-state index contributed by atoms with van der Waals surface area (Å²) >= 11 is 0. The molecule has 31 heavy (non-hydrogen) atoms. The van der Waals surface area contributed by atoms with Crippen molar-refractivity contribution in [2.24, 2.45) is 5.92 Å². The van der Waals surface area contributed by atoms with Gasteiger partial charge < -0.3 is 24.2 Å². The first kappa shape index (κ1) is 19.9. The highest BCUT2D eigenvalue weighted by atomic mass is 16.6. The van der Waals surface area contributed by atoms with Crippen molar-refractivity contribution in [3.8, 4) is 11.5 Å². The number of benzene rings is 2. The largest absolute Gasteiger partial charge is 0.486 e. The summed E-state index contributed by atoms with van der Waals surface area (Å²) in [5.74, 6) is 1.04. The van der Waals surface area contributed by atoms with Gasteiger partial charge in [-0.15, -0.1) is 0 Å². The number of carbonyl (C=O) groups excluding carboxylic acids is 2. The lowest BCUT2D eigenvalue weighted by Gasteiger charge is -2.41. The number of hydrogen-bond donors (Lipinski definition) is 0. The molecule has 162 valence electrons. The molecule has 2 saturated heterocycles. The maximum Gasteiger partial charge on any atom is 0.228 e. The van der Waals surface area contributed by atoms with Crippen LogP contribution in [0.25, 0.3) is 0 Å². The summed E-state index contributed by atoms with van der Waals surface area (Å²) in [6, 6.07) is 15.7. The van der Waals surface area contributed by atoms with E-state index >= 15 is 0 Å². The molecule has 2 aromatic rings. The molecule has 7 heteroatoms. The molecule has 2 amide bonds. The van der Waals surface area contributed by atoms with Gasteiger partial charge in [-0.2, -0.15) is 0 Å². The van der Waals surface area contributed by atoms with E-state index in [1.54, 1.807) is 4.90 Å². The summed E-state index contributed by atoms with van der Waals surface area (Å²) in [7, 11) is 2.08. The van der Waals surface area contributed by atoms with Gasteiger partial charge in [-0.25, -0.2) is 0 Å². The maximum absolute atomic E-state index is 13.5. The van der Waals surface area contributed by atoms with Crippen molar-refractivity contribution in [3.05, 3.63) is 54.1 Å². The third-order valence-electron chi connectivity index (χ3n) is 6.36. The zero-order valence-corrected chi connectivity index (χ0v) is 17.7. The first-order valence-electron chi connectivity index (χ1n) is 10.8. The minimum absolute atomic E-state index is 0.00546. The SMILES string of the molecule is CN1CCN(C(=O)[C@@H]2CC(=O)N(c3ccc4c(c3)OCCO4)C2)[C@H](c2ccccc2)C1. The fraction of sp³-hybridized carbons (Fsp3) is 0.417. The molecule has 5 rings (SSSR count). The second-order valence-electron chi connectivity index (χ2n) is 8.45. The van der Waals surface area contributed by atoms with E-state index in [9.17, 15) is 9.59 Å². The Balaban J connectivity index is 1.34. The van der Waals surface area contributed by atoms with Gasteiger partial charge in [0.25, 0.3) is 0 Å².